The van der Waals surface area contributed by atoms with E-state index in [1.807, 2.05) is 0 Å². The number of hydrazine groups is 1. The Labute approximate surface area is 99.3 Å². The zero-order chi connectivity index (χ0) is 12.3. The molecule has 1 amide bonds. The van der Waals surface area contributed by atoms with Gasteiger partial charge in [-0.25, -0.2) is 5.84 Å². The first kappa shape index (κ1) is 12.1. The number of aliphatic hydroxyl groups excluding tert-OH is 1. The van der Waals surface area contributed by atoms with Gasteiger partial charge in [0.2, 0.25) is 0 Å². The Bertz CT molecular complexity index is 391. The summed E-state index contributed by atoms with van der Waals surface area (Å²) >= 11 is 0. The van der Waals surface area contributed by atoms with Gasteiger partial charge in [0, 0.05) is 13.2 Å². The van der Waals surface area contributed by atoms with Gasteiger partial charge >= 0.3 is 0 Å². The fourth-order valence-corrected chi connectivity index (χ4v) is 2.15. The van der Waals surface area contributed by atoms with Crippen LogP contribution in [0.5, 0.6) is 0 Å². The molecule has 1 aliphatic rings. The number of hydrogen-bond donors (Lipinski definition) is 3. The predicted octanol–water partition coefficient (Wildman–Crippen LogP) is -0.303. The van der Waals surface area contributed by atoms with Gasteiger partial charge < -0.3 is 9.52 Å². The highest BCUT2D eigenvalue weighted by Gasteiger charge is 2.24. The van der Waals surface area contributed by atoms with Crippen LogP contribution in [0, 0.1) is 5.92 Å². The Morgan fingerprint density at radius 2 is 2.53 bits per heavy atom. The van der Waals surface area contributed by atoms with E-state index in [0.717, 1.165) is 19.5 Å². The highest BCUT2D eigenvalue weighted by atomic mass is 16.3. The van der Waals surface area contributed by atoms with Crippen LogP contribution >= 0.6 is 0 Å². The van der Waals surface area contributed by atoms with Gasteiger partial charge in [-0.05, 0) is 24.9 Å². The Hall–Kier alpha value is -1.37. The van der Waals surface area contributed by atoms with Crippen LogP contribution in [0.25, 0.3) is 0 Å². The second-order valence-corrected chi connectivity index (χ2v) is 4.30. The van der Waals surface area contributed by atoms with Crippen molar-refractivity contribution in [1.82, 2.24) is 10.3 Å². The molecule has 1 unspecified atom stereocenters. The van der Waals surface area contributed by atoms with E-state index in [0.29, 0.717) is 23.8 Å². The molecule has 2 heterocycles. The van der Waals surface area contributed by atoms with Gasteiger partial charge in [-0.2, -0.15) is 0 Å². The molecule has 1 aromatic heterocycles. The van der Waals surface area contributed by atoms with Crippen molar-refractivity contribution in [2.45, 2.75) is 13.0 Å². The number of nitrogens with zero attached hydrogens (tertiary/aromatic N) is 1. The lowest BCUT2D eigenvalue weighted by Gasteiger charge is -2.14. The van der Waals surface area contributed by atoms with Gasteiger partial charge in [0.1, 0.15) is 5.76 Å². The van der Waals surface area contributed by atoms with Crippen LogP contribution in [-0.4, -0.2) is 35.6 Å². The summed E-state index contributed by atoms with van der Waals surface area (Å²) in [4.78, 5) is 13.6. The van der Waals surface area contributed by atoms with E-state index in [2.05, 4.69) is 10.3 Å². The summed E-state index contributed by atoms with van der Waals surface area (Å²) in [5.41, 5.74) is 2.57. The van der Waals surface area contributed by atoms with Crippen LogP contribution in [0.15, 0.2) is 16.7 Å². The van der Waals surface area contributed by atoms with Crippen molar-refractivity contribution < 1.29 is 14.3 Å². The molecule has 2 rings (SSSR count). The first-order valence-electron chi connectivity index (χ1n) is 5.65. The van der Waals surface area contributed by atoms with Gasteiger partial charge in [-0.1, -0.05) is 0 Å². The van der Waals surface area contributed by atoms with E-state index in [1.54, 1.807) is 6.07 Å². The Morgan fingerprint density at radius 3 is 3.18 bits per heavy atom. The lowest BCUT2D eigenvalue weighted by Crippen LogP contribution is -2.31. The number of carbonyl (C=O) groups is 1. The maximum absolute atomic E-state index is 11.4. The summed E-state index contributed by atoms with van der Waals surface area (Å²) in [5, 5.41) is 9.06. The quantitative estimate of drug-likeness (QED) is 0.381. The number of likely N-dealkylation sites (tertiary alicyclic amines) is 1. The highest BCUT2D eigenvalue weighted by Crippen LogP contribution is 2.20. The zero-order valence-electron chi connectivity index (χ0n) is 9.56. The highest BCUT2D eigenvalue weighted by molar-refractivity contribution is 5.94. The lowest BCUT2D eigenvalue weighted by atomic mass is 10.1. The first-order valence-corrected chi connectivity index (χ1v) is 5.65. The monoisotopic (exact) mass is 239 g/mol. The van der Waals surface area contributed by atoms with Crippen molar-refractivity contribution in [1.29, 1.82) is 0 Å². The van der Waals surface area contributed by atoms with Crippen LogP contribution in [0.4, 0.5) is 0 Å². The van der Waals surface area contributed by atoms with Crippen molar-refractivity contribution in [2.24, 2.45) is 11.8 Å². The molecule has 0 aromatic carbocycles. The standard InChI is InChI=1S/C11H17N3O3/c12-13-11(16)9-2-4-17-10(9)6-14-3-1-8(5-14)7-15/h2,4,8,15H,1,3,5-7,12H2,(H,13,16). The Balaban J connectivity index is 2.00. The molecule has 0 spiro atoms. The minimum Gasteiger partial charge on any atom is -0.467 e. The number of amides is 1. The van der Waals surface area contributed by atoms with Crippen molar-refractivity contribution in [2.75, 3.05) is 19.7 Å². The predicted molar refractivity (Wildman–Crippen MR) is 60.8 cm³/mol. The summed E-state index contributed by atoms with van der Waals surface area (Å²) in [5.74, 6) is 5.70. The fraction of sp³-hybridized carbons (Fsp3) is 0.545. The van der Waals surface area contributed by atoms with Gasteiger partial charge in [0.25, 0.3) is 5.91 Å². The van der Waals surface area contributed by atoms with E-state index >= 15 is 0 Å². The van der Waals surface area contributed by atoms with E-state index in [1.165, 1.54) is 6.26 Å². The molecule has 0 aliphatic carbocycles. The maximum Gasteiger partial charge on any atom is 0.268 e. The summed E-state index contributed by atoms with van der Waals surface area (Å²) in [6.07, 6.45) is 2.47. The maximum atomic E-state index is 11.4. The topological polar surface area (TPSA) is 91.7 Å². The van der Waals surface area contributed by atoms with E-state index in [-0.39, 0.29) is 12.5 Å². The molecule has 1 fully saturated rings. The molecule has 1 atom stereocenters. The normalized spacial score (nSPS) is 20.7. The fourth-order valence-electron chi connectivity index (χ4n) is 2.15. The van der Waals surface area contributed by atoms with Crippen molar-refractivity contribution in [3.63, 3.8) is 0 Å². The number of nitrogens with one attached hydrogen (secondary N) is 1. The molecular weight excluding hydrogens is 222 g/mol. The molecule has 0 bridgehead atoms. The molecule has 6 nitrogen and oxygen atoms in total. The number of furan rings is 1. The van der Waals surface area contributed by atoms with Gasteiger partial charge in [-0.15, -0.1) is 0 Å². The van der Waals surface area contributed by atoms with E-state index < -0.39 is 0 Å². The number of aliphatic hydroxyl groups is 1. The third-order valence-corrected chi connectivity index (χ3v) is 3.12. The second-order valence-electron chi connectivity index (χ2n) is 4.30. The number of nitrogen functional groups attached to an aromatic ring is 1. The molecule has 17 heavy (non-hydrogen) atoms. The number of carbonyl (C=O) groups excluding carboxylic acids is 1. The number of nitrogens with two attached hydrogens (primary N) is 1. The second kappa shape index (κ2) is 5.31. The lowest BCUT2D eigenvalue weighted by molar-refractivity contribution is 0.0950. The molecule has 1 aliphatic heterocycles. The third-order valence-electron chi connectivity index (χ3n) is 3.12. The minimum atomic E-state index is -0.341. The van der Waals surface area contributed by atoms with Crippen LogP contribution in [0.2, 0.25) is 0 Å². The Kier molecular flexibility index (Phi) is 3.78. The summed E-state index contributed by atoms with van der Waals surface area (Å²) < 4.78 is 5.30. The minimum absolute atomic E-state index is 0.213. The van der Waals surface area contributed by atoms with E-state index in [4.69, 9.17) is 15.4 Å². The average Bonchev–Trinajstić information content (AvgIpc) is 2.97. The summed E-state index contributed by atoms with van der Waals surface area (Å²) in [6.45, 7) is 2.54. The van der Waals surface area contributed by atoms with Crippen LogP contribution in [0.3, 0.4) is 0 Å². The van der Waals surface area contributed by atoms with Gasteiger partial charge in [0.05, 0.1) is 18.4 Å². The average molecular weight is 239 g/mol. The van der Waals surface area contributed by atoms with Crippen molar-refractivity contribution in [3.8, 4) is 0 Å². The molecule has 0 radical (unpaired) electrons. The summed E-state index contributed by atoms with van der Waals surface area (Å²) in [7, 11) is 0. The van der Waals surface area contributed by atoms with Crippen molar-refractivity contribution in [3.05, 3.63) is 23.7 Å². The molecule has 6 heteroatoms. The third kappa shape index (κ3) is 2.66. The first-order chi connectivity index (χ1) is 8.24. The molecule has 94 valence electrons. The van der Waals surface area contributed by atoms with Crippen molar-refractivity contribution >= 4 is 5.91 Å². The Morgan fingerprint density at radius 1 is 1.71 bits per heavy atom. The molecule has 1 aromatic rings. The van der Waals surface area contributed by atoms with E-state index in [9.17, 15) is 4.79 Å². The molecule has 0 saturated carbocycles. The molecule has 4 N–H and O–H groups in total. The van der Waals surface area contributed by atoms with Gasteiger partial charge in [0.15, 0.2) is 0 Å². The van der Waals surface area contributed by atoms with Crippen LogP contribution in [0.1, 0.15) is 22.5 Å². The van der Waals surface area contributed by atoms with Crippen LogP contribution < -0.4 is 11.3 Å². The SMILES string of the molecule is NNC(=O)c1ccoc1CN1CCC(CO)C1. The zero-order valence-corrected chi connectivity index (χ0v) is 9.56. The number of rotatable bonds is 4. The van der Waals surface area contributed by atoms with Gasteiger partial charge in [-0.3, -0.25) is 15.1 Å². The smallest absolute Gasteiger partial charge is 0.268 e. The number of hydrogen-bond acceptors (Lipinski definition) is 5. The van der Waals surface area contributed by atoms with Crippen LogP contribution in [-0.2, 0) is 6.54 Å². The largest absolute Gasteiger partial charge is 0.467 e. The molecule has 1 saturated heterocycles. The molecular formula is C11H17N3O3. The summed E-state index contributed by atoms with van der Waals surface area (Å²) in [6, 6.07) is 1.61.